The van der Waals surface area contributed by atoms with Crippen LogP contribution in [0, 0.1) is 6.92 Å². The van der Waals surface area contributed by atoms with E-state index in [9.17, 15) is 4.79 Å². The van der Waals surface area contributed by atoms with Gasteiger partial charge in [0.25, 0.3) is 0 Å². The quantitative estimate of drug-likeness (QED) is 0.899. The average Bonchev–Trinajstić information content (AvgIpc) is 2.90. The number of hydrogen-bond donors (Lipinski definition) is 2. The molecule has 2 aromatic rings. The second-order valence-corrected chi connectivity index (χ2v) is 5.60. The Morgan fingerprint density at radius 1 is 1.57 bits per heavy atom. The van der Waals surface area contributed by atoms with Gasteiger partial charge in [-0.05, 0) is 18.6 Å². The largest absolute Gasteiger partial charge is 0.309 e. The molecule has 2 aromatic heterocycles. The van der Waals surface area contributed by atoms with Crippen molar-refractivity contribution in [3.05, 3.63) is 41.3 Å². The maximum atomic E-state index is 12.2. The van der Waals surface area contributed by atoms with Crippen LogP contribution in [0.2, 0.25) is 0 Å². The Bertz CT molecular complexity index is 651. The fraction of sp³-hybridized carbons (Fsp3) is 0.400. The molecule has 3 heterocycles. The number of H-pyrrole nitrogens is 1. The highest BCUT2D eigenvalue weighted by atomic mass is 16.2. The van der Waals surface area contributed by atoms with E-state index in [1.165, 1.54) is 11.3 Å². The van der Waals surface area contributed by atoms with Crippen LogP contribution in [-0.4, -0.2) is 39.1 Å². The zero-order chi connectivity index (χ0) is 14.8. The van der Waals surface area contributed by atoms with Crippen LogP contribution in [0.3, 0.4) is 0 Å². The maximum absolute atomic E-state index is 12.2. The molecule has 0 radical (unpaired) electrons. The van der Waals surface area contributed by atoms with Crippen molar-refractivity contribution in [1.29, 1.82) is 0 Å². The molecule has 1 unspecified atom stereocenters. The van der Waals surface area contributed by atoms with E-state index in [0.29, 0.717) is 18.3 Å². The van der Waals surface area contributed by atoms with Gasteiger partial charge in [-0.25, -0.2) is 4.98 Å². The zero-order valence-corrected chi connectivity index (χ0v) is 12.3. The highest BCUT2D eigenvalue weighted by molar-refractivity contribution is 5.91. The third-order valence-electron chi connectivity index (χ3n) is 3.80. The van der Waals surface area contributed by atoms with Crippen LogP contribution in [0.25, 0.3) is 0 Å². The molecule has 1 aliphatic heterocycles. The molecule has 6 heteroatoms. The molecule has 0 fully saturated rings. The second-order valence-electron chi connectivity index (χ2n) is 5.60. The Hall–Kier alpha value is -2.21. The Balaban J connectivity index is 1.63. The Morgan fingerprint density at radius 2 is 2.43 bits per heavy atom. The van der Waals surface area contributed by atoms with Crippen LogP contribution < -0.4 is 5.32 Å². The topological polar surface area (TPSA) is 73.9 Å². The van der Waals surface area contributed by atoms with Gasteiger partial charge in [0, 0.05) is 36.5 Å². The number of fused-ring (bicyclic) bond motifs is 1. The normalized spacial score (nSPS) is 18.3. The number of anilines is 1. The molecule has 1 amide bonds. The molecule has 3 rings (SSSR count). The van der Waals surface area contributed by atoms with E-state index >= 15 is 0 Å². The van der Waals surface area contributed by atoms with Crippen molar-refractivity contribution in [1.82, 2.24) is 20.1 Å². The van der Waals surface area contributed by atoms with Gasteiger partial charge in [0.15, 0.2) is 0 Å². The molecule has 0 saturated carbocycles. The first kappa shape index (κ1) is 13.8. The minimum Gasteiger partial charge on any atom is -0.309 e. The molecule has 0 bridgehead atoms. The SMILES string of the molecule is Cc1cccnc1NC(=O)CN1Cc2cn[nH]c2C(C)C1. The third-order valence-corrected chi connectivity index (χ3v) is 3.80. The van der Waals surface area contributed by atoms with Crippen LogP contribution in [0.15, 0.2) is 24.5 Å². The number of nitrogens with one attached hydrogen (secondary N) is 2. The summed E-state index contributed by atoms with van der Waals surface area (Å²) in [6.45, 7) is 6.05. The zero-order valence-electron chi connectivity index (χ0n) is 12.3. The lowest BCUT2D eigenvalue weighted by molar-refractivity contribution is -0.117. The molecule has 21 heavy (non-hydrogen) atoms. The van der Waals surface area contributed by atoms with Gasteiger partial charge in [-0.1, -0.05) is 13.0 Å². The molecule has 0 spiro atoms. The highest BCUT2D eigenvalue weighted by Crippen LogP contribution is 2.25. The van der Waals surface area contributed by atoms with Gasteiger partial charge >= 0.3 is 0 Å². The van der Waals surface area contributed by atoms with Crippen LogP contribution in [0.4, 0.5) is 5.82 Å². The molecular weight excluding hydrogens is 266 g/mol. The monoisotopic (exact) mass is 285 g/mol. The van der Waals surface area contributed by atoms with Crippen LogP contribution in [0.1, 0.15) is 29.7 Å². The Morgan fingerprint density at radius 3 is 3.24 bits per heavy atom. The molecule has 110 valence electrons. The number of aromatic amines is 1. The molecule has 0 aliphatic carbocycles. The molecule has 6 nitrogen and oxygen atoms in total. The predicted octanol–water partition coefficient (Wildman–Crippen LogP) is 1.67. The van der Waals surface area contributed by atoms with Crippen molar-refractivity contribution >= 4 is 11.7 Å². The van der Waals surface area contributed by atoms with Crippen molar-refractivity contribution < 1.29 is 4.79 Å². The lowest BCUT2D eigenvalue weighted by Crippen LogP contribution is -2.38. The average molecular weight is 285 g/mol. The summed E-state index contributed by atoms with van der Waals surface area (Å²) in [5.41, 5.74) is 3.33. The number of hydrogen-bond acceptors (Lipinski definition) is 4. The Labute approximate surface area is 123 Å². The summed E-state index contributed by atoms with van der Waals surface area (Å²) >= 11 is 0. The molecule has 1 aliphatic rings. The van der Waals surface area contributed by atoms with Crippen molar-refractivity contribution in [3.8, 4) is 0 Å². The molecule has 1 atom stereocenters. The second kappa shape index (κ2) is 5.65. The minimum absolute atomic E-state index is 0.0315. The van der Waals surface area contributed by atoms with Crippen LogP contribution in [-0.2, 0) is 11.3 Å². The predicted molar refractivity (Wildman–Crippen MR) is 79.9 cm³/mol. The van der Waals surface area contributed by atoms with Gasteiger partial charge in [0.2, 0.25) is 5.91 Å². The molecule has 0 saturated heterocycles. The summed E-state index contributed by atoms with van der Waals surface area (Å²) in [5.74, 6) is 0.966. The summed E-state index contributed by atoms with van der Waals surface area (Å²) in [4.78, 5) is 18.5. The van der Waals surface area contributed by atoms with Gasteiger partial charge in [0.05, 0.1) is 12.7 Å². The van der Waals surface area contributed by atoms with Gasteiger partial charge in [0.1, 0.15) is 5.82 Å². The van der Waals surface area contributed by atoms with Crippen LogP contribution in [0.5, 0.6) is 0 Å². The lowest BCUT2D eigenvalue weighted by atomic mass is 9.98. The van der Waals surface area contributed by atoms with E-state index in [0.717, 1.165) is 18.7 Å². The fourth-order valence-corrected chi connectivity index (χ4v) is 2.77. The number of aromatic nitrogens is 3. The lowest BCUT2D eigenvalue weighted by Gasteiger charge is -2.29. The van der Waals surface area contributed by atoms with Gasteiger partial charge in [-0.2, -0.15) is 5.10 Å². The van der Waals surface area contributed by atoms with Crippen molar-refractivity contribution in [2.75, 3.05) is 18.4 Å². The van der Waals surface area contributed by atoms with Crippen molar-refractivity contribution in [3.63, 3.8) is 0 Å². The number of aryl methyl sites for hydroxylation is 1. The van der Waals surface area contributed by atoms with E-state index in [-0.39, 0.29) is 5.91 Å². The fourth-order valence-electron chi connectivity index (χ4n) is 2.77. The smallest absolute Gasteiger partial charge is 0.239 e. The van der Waals surface area contributed by atoms with E-state index < -0.39 is 0 Å². The standard InChI is InChI=1S/C15H19N5O/c1-10-4-3-5-16-15(10)18-13(21)9-20-7-11(2)14-12(8-20)6-17-19-14/h3-6,11H,7-9H2,1-2H3,(H,17,19)(H,16,18,21). The van der Waals surface area contributed by atoms with Gasteiger partial charge < -0.3 is 5.32 Å². The minimum atomic E-state index is -0.0315. The number of pyridine rings is 1. The summed E-state index contributed by atoms with van der Waals surface area (Å²) in [6.07, 6.45) is 3.53. The third kappa shape index (κ3) is 2.95. The van der Waals surface area contributed by atoms with E-state index in [1.54, 1.807) is 6.20 Å². The summed E-state index contributed by atoms with van der Waals surface area (Å²) in [6, 6.07) is 3.79. The first-order chi connectivity index (χ1) is 10.1. The Kier molecular flexibility index (Phi) is 3.70. The van der Waals surface area contributed by atoms with Crippen LogP contribution >= 0.6 is 0 Å². The molecule has 2 N–H and O–H groups in total. The number of carbonyl (C=O) groups is 1. The highest BCUT2D eigenvalue weighted by Gasteiger charge is 2.25. The van der Waals surface area contributed by atoms with Gasteiger partial charge in [-0.15, -0.1) is 0 Å². The van der Waals surface area contributed by atoms with E-state index in [4.69, 9.17) is 0 Å². The van der Waals surface area contributed by atoms with Crippen molar-refractivity contribution in [2.24, 2.45) is 0 Å². The molecule has 0 aromatic carbocycles. The summed E-state index contributed by atoms with van der Waals surface area (Å²) < 4.78 is 0. The first-order valence-corrected chi connectivity index (χ1v) is 7.09. The molecular formula is C15H19N5O. The number of amides is 1. The first-order valence-electron chi connectivity index (χ1n) is 7.09. The number of rotatable bonds is 3. The summed E-state index contributed by atoms with van der Waals surface area (Å²) in [5, 5.41) is 10.0. The van der Waals surface area contributed by atoms with Crippen molar-refractivity contribution in [2.45, 2.75) is 26.3 Å². The number of carbonyl (C=O) groups excluding carboxylic acids is 1. The number of nitrogens with zero attached hydrogens (tertiary/aromatic N) is 3. The maximum Gasteiger partial charge on any atom is 0.239 e. The van der Waals surface area contributed by atoms with E-state index in [2.05, 4.69) is 32.3 Å². The van der Waals surface area contributed by atoms with Gasteiger partial charge in [-0.3, -0.25) is 14.8 Å². The van der Waals surface area contributed by atoms with E-state index in [1.807, 2.05) is 25.3 Å². The summed E-state index contributed by atoms with van der Waals surface area (Å²) in [7, 11) is 0.